The van der Waals surface area contributed by atoms with E-state index in [-0.39, 0.29) is 17.6 Å². The van der Waals surface area contributed by atoms with Crippen molar-refractivity contribution in [2.24, 2.45) is 11.3 Å². The summed E-state index contributed by atoms with van der Waals surface area (Å²) in [5.74, 6) is 0.377. The average Bonchev–Trinajstić information content (AvgIpc) is 3.15. The number of benzene rings is 1. The van der Waals surface area contributed by atoms with Crippen LogP contribution in [-0.4, -0.2) is 57.3 Å². The predicted molar refractivity (Wildman–Crippen MR) is 96.6 cm³/mol. The molecule has 3 atom stereocenters. The first-order valence-electron chi connectivity index (χ1n) is 9.27. The molecule has 1 amide bonds. The van der Waals surface area contributed by atoms with Gasteiger partial charge in [0.15, 0.2) is 0 Å². The van der Waals surface area contributed by atoms with E-state index in [0.29, 0.717) is 39.1 Å². The van der Waals surface area contributed by atoms with Crippen LogP contribution in [0.15, 0.2) is 30.3 Å². The average molecular weight is 363 g/mol. The van der Waals surface area contributed by atoms with Gasteiger partial charge in [0.25, 0.3) is 0 Å². The summed E-state index contributed by atoms with van der Waals surface area (Å²) >= 11 is 0. The molecule has 2 aliphatic rings. The summed E-state index contributed by atoms with van der Waals surface area (Å²) in [5.41, 5.74) is 1.05. The minimum Gasteiger partial charge on any atom is -0.447 e. The van der Waals surface area contributed by atoms with Crippen molar-refractivity contribution in [1.29, 1.82) is 0 Å². The number of carbonyl (C=O) groups excluding carboxylic acids is 1. The van der Waals surface area contributed by atoms with Gasteiger partial charge >= 0.3 is 6.09 Å². The van der Waals surface area contributed by atoms with Gasteiger partial charge in [0.1, 0.15) is 13.4 Å². The van der Waals surface area contributed by atoms with Gasteiger partial charge in [0.2, 0.25) is 0 Å². The van der Waals surface area contributed by atoms with Crippen molar-refractivity contribution in [3.05, 3.63) is 35.9 Å². The number of methoxy groups -OCH3 is 1. The Hall–Kier alpha value is -1.63. The van der Waals surface area contributed by atoms with E-state index in [1.807, 2.05) is 23.1 Å². The highest BCUT2D eigenvalue weighted by Gasteiger charge is 2.56. The summed E-state index contributed by atoms with van der Waals surface area (Å²) in [4.78, 5) is 13.9. The third-order valence-electron chi connectivity index (χ3n) is 5.65. The summed E-state index contributed by atoms with van der Waals surface area (Å²) in [6, 6.07) is 10.3. The molecule has 0 saturated carbocycles. The van der Waals surface area contributed by atoms with E-state index in [2.05, 4.69) is 19.1 Å². The first-order chi connectivity index (χ1) is 12.6. The molecule has 3 rings (SSSR count). The highest BCUT2D eigenvalue weighted by atomic mass is 16.7. The van der Waals surface area contributed by atoms with Crippen LogP contribution in [0, 0.1) is 11.3 Å². The van der Waals surface area contributed by atoms with Gasteiger partial charge in [-0.3, -0.25) is 0 Å². The van der Waals surface area contributed by atoms with Crippen molar-refractivity contribution in [2.45, 2.75) is 32.4 Å². The summed E-state index contributed by atoms with van der Waals surface area (Å²) in [6.07, 6.45) is 1.75. The second kappa shape index (κ2) is 8.84. The number of carbonyl (C=O) groups is 1. The van der Waals surface area contributed by atoms with Gasteiger partial charge in [-0.25, -0.2) is 4.79 Å². The Morgan fingerprint density at radius 1 is 1.27 bits per heavy atom. The van der Waals surface area contributed by atoms with Crippen LogP contribution in [0.2, 0.25) is 0 Å². The molecule has 6 nitrogen and oxygen atoms in total. The largest absolute Gasteiger partial charge is 0.447 e. The van der Waals surface area contributed by atoms with Gasteiger partial charge in [-0.15, -0.1) is 0 Å². The zero-order valence-corrected chi connectivity index (χ0v) is 15.7. The van der Waals surface area contributed by atoms with Crippen molar-refractivity contribution in [3.63, 3.8) is 0 Å². The standard InChI is InChI=1S/C20H29NO5/c1-20(14-25-12-16-7-4-3-5-8-16)17(9-6-10-24-15-23-2)11-21-18(20)13-26-19(21)22/h3-5,7-8,17-18H,6,9-15H2,1-2H3/t17-,18-,20-/m1/s1. The highest BCUT2D eigenvalue weighted by Crippen LogP contribution is 2.46. The maximum absolute atomic E-state index is 12.0. The number of ether oxygens (including phenoxy) is 4. The van der Waals surface area contributed by atoms with Crippen LogP contribution in [0.4, 0.5) is 4.79 Å². The number of rotatable bonds is 10. The zero-order valence-electron chi connectivity index (χ0n) is 15.7. The van der Waals surface area contributed by atoms with E-state index >= 15 is 0 Å². The topological polar surface area (TPSA) is 57.2 Å². The SMILES string of the molecule is COCOCCC[C@@H]1CN2C(=O)OC[C@@H]2[C@]1(C)COCc1ccccc1. The number of amides is 1. The molecule has 26 heavy (non-hydrogen) atoms. The molecule has 144 valence electrons. The lowest BCUT2D eigenvalue weighted by Gasteiger charge is -2.34. The molecule has 1 aromatic carbocycles. The normalized spacial score (nSPS) is 27.6. The molecule has 0 aromatic heterocycles. The van der Waals surface area contributed by atoms with E-state index in [0.717, 1.165) is 24.9 Å². The van der Waals surface area contributed by atoms with Crippen LogP contribution in [0.25, 0.3) is 0 Å². The molecule has 2 saturated heterocycles. The van der Waals surface area contributed by atoms with Crippen LogP contribution >= 0.6 is 0 Å². The number of fused-ring (bicyclic) bond motifs is 1. The Labute approximate surface area is 155 Å². The number of hydrogen-bond donors (Lipinski definition) is 0. The van der Waals surface area contributed by atoms with E-state index in [9.17, 15) is 4.79 Å². The third kappa shape index (κ3) is 4.19. The number of nitrogens with zero attached hydrogens (tertiary/aromatic N) is 1. The van der Waals surface area contributed by atoms with Gasteiger partial charge in [-0.1, -0.05) is 37.3 Å². The molecule has 2 fully saturated rings. The molecule has 1 aromatic rings. The Balaban J connectivity index is 1.58. The van der Waals surface area contributed by atoms with Crippen molar-refractivity contribution in [1.82, 2.24) is 4.90 Å². The van der Waals surface area contributed by atoms with Gasteiger partial charge < -0.3 is 23.8 Å². The molecule has 0 unspecified atom stereocenters. The molecule has 0 aliphatic carbocycles. The quantitative estimate of drug-likeness (QED) is 0.472. The molecule has 0 N–H and O–H groups in total. The number of hydrogen-bond acceptors (Lipinski definition) is 5. The molecule has 2 aliphatic heterocycles. The van der Waals surface area contributed by atoms with Crippen LogP contribution in [0.5, 0.6) is 0 Å². The smallest absolute Gasteiger partial charge is 0.410 e. The first-order valence-corrected chi connectivity index (χ1v) is 9.27. The molecule has 0 radical (unpaired) electrons. The lowest BCUT2D eigenvalue weighted by Crippen LogP contribution is -2.41. The van der Waals surface area contributed by atoms with E-state index < -0.39 is 0 Å². The van der Waals surface area contributed by atoms with E-state index in [4.69, 9.17) is 18.9 Å². The molecule has 2 heterocycles. The van der Waals surface area contributed by atoms with Gasteiger partial charge in [0, 0.05) is 25.7 Å². The fourth-order valence-electron chi connectivity index (χ4n) is 4.09. The predicted octanol–water partition coefficient (Wildman–Crippen LogP) is 3.06. The monoisotopic (exact) mass is 363 g/mol. The summed E-state index contributed by atoms with van der Waals surface area (Å²) in [7, 11) is 1.62. The van der Waals surface area contributed by atoms with E-state index in [1.165, 1.54) is 0 Å². The van der Waals surface area contributed by atoms with Gasteiger partial charge in [-0.2, -0.15) is 0 Å². The maximum atomic E-state index is 12.0. The molecule has 6 heteroatoms. The second-order valence-corrected chi connectivity index (χ2v) is 7.38. The summed E-state index contributed by atoms with van der Waals surface area (Å²) in [6.45, 7) is 5.61. The Kier molecular flexibility index (Phi) is 6.51. The van der Waals surface area contributed by atoms with Crippen molar-refractivity contribution in [2.75, 3.05) is 40.3 Å². The van der Waals surface area contributed by atoms with Crippen molar-refractivity contribution in [3.8, 4) is 0 Å². The van der Waals surface area contributed by atoms with Crippen LogP contribution in [0.1, 0.15) is 25.3 Å². The third-order valence-corrected chi connectivity index (χ3v) is 5.65. The minimum atomic E-state index is -0.192. The van der Waals surface area contributed by atoms with Gasteiger partial charge in [0.05, 0.1) is 19.3 Å². The molecule has 0 spiro atoms. The summed E-state index contributed by atoms with van der Waals surface area (Å²) < 4.78 is 21.7. The lowest BCUT2D eigenvalue weighted by atomic mass is 9.73. The van der Waals surface area contributed by atoms with Crippen LogP contribution < -0.4 is 0 Å². The maximum Gasteiger partial charge on any atom is 0.410 e. The first kappa shape index (κ1) is 19.1. The molecule has 0 bridgehead atoms. The van der Waals surface area contributed by atoms with E-state index in [1.54, 1.807) is 7.11 Å². The fraction of sp³-hybridized carbons (Fsp3) is 0.650. The molecular formula is C20H29NO5. The van der Waals surface area contributed by atoms with Crippen molar-refractivity contribution >= 4 is 6.09 Å². The Bertz CT molecular complexity index is 581. The van der Waals surface area contributed by atoms with Crippen LogP contribution in [-0.2, 0) is 25.6 Å². The highest BCUT2D eigenvalue weighted by molar-refractivity contribution is 5.71. The number of cyclic esters (lactones) is 1. The Morgan fingerprint density at radius 2 is 2.08 bits per heavy atom. The van der Waals surface area contributed by atoms with Crippen molar-refractivity contribution < 1.29 is 23.7 Å². The molecular weight excluding hydrogens is 334 g/mol. The lowest BCUT2D eigenvalue weighted by molar-refractivity contribution is -0.0356. The minimum absolute atomic E-state index is 0.0932. The van der Waals surface area contributed by atoms with Crippen LogP contribution in [0.3, 0.4) is 0 Å². The second-order valence-electron chi connectivity index (χ2n) is 7.38. The fourth-order valence-corrected chi connectivity index (χ4v) is 4.09. The summed E-state index contributed by atoms with van der Waals surface area (Å²) in [5, 5.41) is 0. The zero-order chi connectivity index (χ0) is 18.4. The Morgan fingerprint density at radius 3 is 2.85 bits per heavy atom. The van der Waals surface area contributed by atoms with Gasteiger partial charge in [-0.05, 0) is 24.3 Å².